The van der Waals surface area contributed by atoms with Crippen molar-refractivity contribution in [3.63, 3.8) is 0 Å². The Morgan fingerprint density at radius 3 is 2.62 bits per heavy atom. The molecular formula is C22H35N5O2. The summed E-state index contributed by atoms with van der Waals surface area (Å²) in [5, 5.41) is 5.84. The van der Waals surface area contributed by atoms with Crippen molar-refractivity contribution in [1.82, 2.24) is 15.6 Å². The molecule has 3 rings (SSSR count). The number of amides is 2. The van der Waals surface area contributed by atoms with Crippen LogP contribution in [0.2, 0.25) is 0 Å². The smallest absolute Gasteiger partial charge is 0.242 e. The van der Waals surface area contributed by atoms with Gasteiger partial charge in [0.25, 0.3) is 0 Å². The maximum atomic E-state index is 13.0. The maximum Gasteiger partial charge on any atom is 0.242 e. The zero-order chi connectivity index (χ0) is 20.8. The summed E-state index contributed by atoms with van der Waals surface area (Å²) in [6.45, 7) is 2.00. The first-order valence-corrected chi connectivity index (χ1v) is 11.0. The number of nitrogens with zero attached hydrogens (tertiary/aromatic N) is 1. The highest BCUT2D eigenvalue weighted by Crippen LogP contribution is 2.45. The quantitative estimate of drug-likeness (QED) is 0.557. The van der Waals surface area contributed by atoms with Crippen molar-refractivity contribution in [1.29, 1.82) is 0 Å². The molecule has 6 N–H and O–H groups in total. The Hall–Kier alpha value is -2.15. The molecule has 2 aliphatic rings. The number of aromatic nitrogens is 1. The summed E-state index contributed by atoms with van der Waals surface area (Å²) in [6, 6.07) is 2.36. The number of pyridine rings is 1. The molecule has 0 aliphatic heterocycles. The number of anilines is 1. The van der Waals surface area contributed by atoms with Crippen LogP contribution in [0.25, 0.3) is 0 Å². The second-order valence-electron chi connectivity index (χ2n) is 8.79. The Balaban J connectivity index is 1.65. The van der Waals surface area contributed by atoms with Gasteiger partial charge in [-0.15, -0.1) is 0 Å². The van der Waals surface area contributed by atoms with Gasteiger partial charge in [-0.25, -0.2) is 4.98 Å². The molecular weight excluding hydrogens is 366 g/mol. The Labute approximate surface area is 173 Å². The number of nitrogen functional groups attached to an aromatic ring is 1. The van der Waals surface area contributed by atoms with Crippen molar-refractivity contribution in [2.45, 2.75) is 76.9 Å². The molecule has 2 fully saturated rings. The molecule has 1 heterocycles. The number of fused-ring (bicyclic) bond motifs is 1. The highest BCUT2D eigenvalue weighted by atomic mass is 16.2. The summed E-state index contributed by atoms with van der Waals surface area (Å²) in [5.74, 6) is 1.96. The van der Waals surface area contributed by atoms with Crippen molar-refractivity contribution in [2.75, 3.05) is 5.73 Å². The van der Waals surface area contributed by atoms with Gasteiger partial charge in [0.05, 0.1) is 6.04 Å². The van der Waals surface area contributed by atoms with E-state index in [0.29, 0.717) is 30.6 Å². The zero-order valence-corrected chi connectivity index (χ0v) is 17.4. The van der Waals surface area contributed by atoms with Crippen molar-refractivity contribution < 1.29 is 9.59 Å². The van der Waals surface area contributed by atoms with E-state index in [2.05, 4.69) is 15.6 Å². The van der Waals surface area contributed by atoms with Crippen LogP contribution < -0.4 is 22.1 Å². The molecule has 4 unspecified atom stereocenters. The second kappa shape index (κ2) is 10.1. The molecule has 1 aromatic heterocycles. The third-order valence-electron chi connectivity index (χ3n) is 6.62. The van der Waals surface area contributed by atoms with Crippen LogP contribution in [0.1, 0.15) is 63.9 Å². The SMILES string of the molecule is CC(N)C(=O)N[C@@H](CC1CCCC2CCCCC21)C(=O)NCc1ccc(N)nc1. The van der Waals surface area contributed by atoms with Crippen molar-refractivity contribution in [3.05, 3.63) is 23.9 Å². The fourth-order valence-electron chi connectivity index (χ4n) is 5.05. The van der Waals surface area contributed by atoms with Gasteiger partial charge >= 0.3 is 0 Å². The summed E-state index contributed by atoms with van der Waals surface area (Å²) in [7, 11) is 0. The first-order valence-electron chi connectivity index (χ1n) is 11.0. The number of rotatable bonds is 7. The van der Waals surface area contributed by atoms with E-state index in [4.69, 9.17) is 11.5 Å². The van der Waals surface area contributed by atoms with Gasteiger partial charge in [0.15, 0.2) is 0 Å². The van der Waals surface area contributed by atoms with E-state index >= 15 is 0 Å². The Morgan fingerprint density at radius 2 is 1.90 bits per heavy atom. The lowest BCUT2D eigenvalue weighted by Crippen LogP contribution is -2.52. The minimum atomic E-state index is -0.639. The molecule has 0 spiro atoms. The molecule has 7 nitrogen and oxygen atoms in total. The average molecular weight is 402 g/mol. The number of hydrogen-bond acceptors (Lipinski definition) is 5. The molecule has 2 aliphatic carbocycles. The van der Waals surface area contributed by atoms with Gasteiger partial charge in [-0.05, 0) is 49.1 Å². The van der Waals surface area contributed by atoms with E-state index in [1.807, 2.05) is 6.07 Å². The van der Waals surface area contributed by atoms with E-state index < -0.39 is 12.1 Å². The summed E-state index contributed by atoms with van der Waals surface area (Å²) in [5.41, 5.74) is 12.2. The topological polar surface area (TPSA) is 123 Å². The van der Waals surface area contributed by atoms with Gasteiger partial charge in [0.2, 0.25) is 11.8 Å². The molecule has 7 heteroatoms. The molecule has 1 aromatic rings. The van der Waals surface area contributed by atoms with Crippen LogP contribution in [-0.4, -0.2) is 28.9 Å². The number of nitrogens with two attached hydrogens (primary N) is 2. The van der Waals surface area contributed by atoms with Crippen LogP contribution in [-0.2, 0) is 16.1 Å². The van der Waals surface area contributed by atoms with Crippen molar-refractivity contribution in [2.24, 2.45) is 23.5 Å². The third kappa shape index (κ3) is 5.92. The lowest BCUT2D eigenvalue weighted by atomic mass is 9.64. The van der Waals surface area contributed by atoms with Crippen LogP contribution in [0.4, 0.5) is 5.82 Å². The standard InChI is InChI=1S/C22H35N5O2/c1-14(23)21(28)27-19(22(29)26-13-15-9-10-20(24)25-12-15)11-17-7-4-6-16-5-2-3-8-18(16)17/h9-10,12,14,16-19H,2-8,11,13,23H2,1H3,(H2,24,25)(H,26,29)(H,27,28)/t14?,16?,17?,18?,19-/m0/s1. The van der Waals surface area contributed by atoms with Gasteiger partial charge in [0, 0.05) is 12.7 Å². The molecule has 2 amide bonds. The van der Waals surface area contributed by atoms with Crippen LogP contribution >= 0.6 is 0 Å². The third-order valence-corrected chi connectivity index (χ3v) is 6.62. The second-order valence-corrected chi connectivity index (χ2v) is 8.79. The van der Waals surface area contributed by atoms with Crippen LogP contribution in [0, 0.1) is 17.8 Å². The van der Waals surface area contributed by atoms with Gasteiger partial charge < -0.3 is 22.1 Å². The summed E-state index contributed by atoms with van der Waals surface area (Å²) < 4.78 is 0. The predicted octanol–water partition coefficient (Wildman–Crippen LogP) is 2.11. The fourth-order valence-corrected chi connectivity index (χ4v) is 5.05. The fraction of sp³-hybridized carbons (Fsp3) is 0.682. The van der Waals surface area contributed by atoms with Crippen LogP contribution in [0.3, 0.4) is 0 Å². The normalized spacial score (nSPS) is 26.1. The van der Waals surface area contributed by atoms with E-state index in [-0.39, 0.29) is 11.8 Å². The lowest BCUT2D eigenvalue weighted by molar-refractivity contribution is -0.130. The molecule has 0 saturated heterocycles. The molecule has 0 bridgehead atoms. The number of hydrogen-bond donors (Lipinski definition) is 4. The average Bonchev–Trinajstić information content (AvgIpc) is 2.72. The number of carbonyl (C=O) groups is 2. The van der Waals surface area contributed by atoms with Crippen molar-refractivity contribution in [3.8, 4) is 0 Å². The van der Waals surface area contributed by atoms with Gasteiger partial charge in [-0.2, -0.15) is 0 Å². The first kappa shape index (κ1) is 21.6. The minimum absolute atomic E-state index is 0.159. The maximum absolute atomic E-state index is 13.0. The Morgan fingerprint density at radius 1 is 1.14 bits per heavy atom. The minimum Gasteiger partial charge on any atom is -0.384 e. The van der Waals surface area contributed by atoms with E-state index in [0.717, 1.165) is 17.9 Å². The molecule has 0 aromatic carbocycles. The van der Waals surface area contributed by atoms with Gasteiger partial charge in [0.1, 0.15) is 11.9 Å². The number of carbonyl (C=O) groups excluding carboxylic acids is 2. The summed E-state index contributed by atoms with van der Waals surface area (Å²) >= 11 is 0. The highest BCUT2D eigenvalue weighted by molar-refractivity contribution is 5.89. The highest BCUT2D eigenvalue weighted by Gasteiger charge is 2.37. The van der Waals surface area contributed by atoms with Crippen LogP contribution in [0.15, 0.2) is 18.3 Å². The molecule has 5 atom stereocenters. The zero-order valence-electron chi connectivity index (χ0n) is 17.4. The monoisotopic (exact) mass is 401 g/mol. The Kier molecular flexibility index (Phi) is 7.47. The van der Waals surface area contributed by atoms with Crippen LogP contribution in [0.5, 0.6) is 0 Å². The van der Waals surface area contributed by atoms with Gasteiger partial charge in [-0.1, -0.05) is 44.6 Å². The van der Waals surface area contributed by atoms with E-state index in [9.17, 15) is 9.59 Å². The molecule has 29 heavy (non-hydrogen) atoms. The van der Waals surface area contributed by atoms with Gasteiger partial charge in [-0.3, -0.25) is 9.59 Å². The number of nitrogens with one attached hydrogen (secondary N) is 2. The van der Waals surface area contributed by atoms with Crippen molar-refractivity contribution >= 4 is 17.6 Å². The van der Waals surface area contributed by atoms with E-state index in [1.165, 1.54) is 38.5 Å². The molecule has 0 radical (unpaired) electrons. The first-order chi connectivity index (χ1) is 13.9. The molecule has 2 saturated carbocycles. The van der Waals surface area contributed by atoms with E-state index in [1.54, 1.807) is 19.2 Å². The Bertz CT molecular complexity index is 689. The summed E-state index contributed by atoms with van der Waals surface area (Å²) in [4.78, 5) is 29.3. The predicted molar refractivity (Wildman–Crippen MR) is 113 cm³/mol. The largest absolute Gasteiger partial charge is 0.384 e. The summed E-state index contributed by atoms with van der Waals surface area (Å²) in [6.07, 6.45) is 11.2. The molecule has 160 valence electrons. The lowest BCUT2D eigenvalue weighted by Gasteiger charge is -2.42.